The van der Waals surface area contributed by atoms with E-state index in [2.05, 4.69) is 46.4 Å². The third-order valence-electron chi connectivity index (χ3n) is 12.6. The number of carboxylic acid groups (broad SMARTS) is 2. The number of carboxylic acids is 2. The number of aryl methyl sites for hydroxylation is 1. The van der Waals surface area contributed by atoms with Crippen molar-refractivity contribution in [2.75, 3.05) is 27.8 Å². The lowest BCUT2D eigenvalue weighted by atomic mass is 9.83. The number of phenolic OH excluding ortho intramolecular Hbond substituents is 1. The molecule has 6 aromatic carbocycles. The molecule has 1 aliphatic carbocycles. The highest BCUT2D eigenvalue weighted by Gasteiger charge is 2.32. The van der Waals surface area contributed by atoms with Gasteiger partial charge < -0.3 is 41.2 Å². The molecule has 0 unspecified atom stereocenters. The lowest BCUT2D eigenvalue weighted by molar-refractivity contribution is -0.137. The first-order valence-electron chi connectivity index (χ1n) is 23.6. The van der Waals surface area contributed by atoms with E-state index < -0.39 is 152 Å². The topological polar surface area (TPSA) is 463 Å². The van der Waals surface area contributed by atoms with Crippen LogP contribution in [0.1, 0.15) is 52.0 Å². The molecule has 0 atom stereocenters. The smallest absolute Gasteiger partial charge is 0.337 e. The van der Waals surface area contributed by atoms with Crippen LogP contribution in [-0.4, -0.2) is 111 Å². The van der Waals surface area contributed by atoms with Gasteiger partial charge in [-0.05, 0) is 90.0 Å². The van der Waals surface area contributed by atoms with Crippen LogP contribution in [0.2, 0.25) is 5.02 Å². The van der Waals surface area contributed by atoms with Crippen LogP contribution in [0.25, 0.3) is 32.8 Å². The number of benzene rings is 6. The van der Waals surface area contributed by atoms with Crippen LogP contribution < -0.4 is 26.8 Å². The summed E-state index contributed by atoms with van der Waals surface area (Å²) in [6.07, 6.45) is 0.691. The number of hydrogen-bond donors (Lipinski definition) is 11. The van der Waals surface area contributed by atoms with Crippen LogP contribution in [0.3, 0.4) is 0 Å². The number of pyridine rings is 1. The van der Waals surface area contributed by atoms with E-state index in [4.69, 9.17) is 16.7 Å². The number of anilines is 7. The molecule has 2 aromatic heterocycles. The van der Waals surface area contributed by atoms with Crippen molar-refractivity contribution in [1.82, 2.24) is 19.5 Å². The molecule has 0 amide bonds. The normalized spacial score (nSPS) is 12.6. The number of azo groups is 1. The predicted molar refractivity (Wildman–Crippen MR) is 296 cm³/mol. The lowest BCUT2D eigenvalue weighted by Gasteiger charge is -2.24. The van der Waals surface area contributed by atoms with Crippen molar-refractivity contribution in [3.63, 3.8) is 0 Å². The monoisotopic (exact) mass is 1230 g/mol. The van der Waals surface area contributed by atoms with Gasteiger partial charge in [0.1, 0.15) is 26.1 Å². The average Bonchev–Trinajstić information content (AvgIpc) is 1.27. The number of rotatable bonds is 20. The summed E-state index contributed by atoms with van der Waals surface area (Å²) in [6.45, 7) is -0.00593. The fraction of sp³-hybridized carbons (Fsp3) is 0.122. The van der Waals surface area contributed by atoms with E-state index in [-0.39, 0.29) is 58.5 Å². The van der Waals surface area contributed by atoms with Crippen LogP contribution >= 0.6 is 11.6 Å². The Labute approximate surface area is 472 Å². The lowest BCUT2D eigenvalue weighted by Crippen LogP contribution is -2.21. The molecule has 2 heterocycles. The second-order valence-electron chi connectivity index (χ2n) is 18.1. The molecule has 0 saturated carbocycles. The minimum atomic E-state index is -5.53. The number of nitrogens with one attached hydrogen (secondary N) is 4. The molecule has 0 saturated heterocycles. The van der Waals surface area contributed by atoms with E-state index in [1.807, 2.05) is 0 Å². The Morgan fingerprint density at radius 3 is 1.87 bits per heavy atom. The van der Waals surface area contributed by atoms with Gasteiger partial charge in [-0.15, -0.1) is 10.2 Å². The molecular formula is C49H39ClN10O19S4. The number of carbonyl (C=O) groups excluding carboxylic acids is 1. The zero-order valence-electron chi connectivity index (χ0n) is 41.9. The minimum absolute atomic E-state index is 0.00593. The molecule has 0 aliphatic heterocycles. The van der Waals surface area contributed by atoms with E-state index in [0.29, 0.717) is 41.8 Å². The first kappa shape index (κ1) is 58.6. The molecule has 34 heteroatoms. The quantitative estimate of drug-likeness (QED) is 0.0196. The van der Waals surface area contributed by atoms with E-state index in [0.717, 1.165) is 18.2 Å². The van der Waals surface area contributed by atoms with E-state index >= 15 is 0 Å². The third kappa shape index (κ3) is 12.1. The van der Waals surface area contributed by atoms with Gasteiger partial charge >= 0.3 is 11.9 Å². The Hall–Kier alpha value is -9.06. The number of fused-ring (bicyclic) bond motifs is 3. The molecule has 0 fully saturated rings. The highest BCUT2D eigenvalue weighted by atomic mass is 35.5. The standard InChI is InChI=1S/C49H39ClN10O19S4/c1-60-34-13-12-29(42-41(34)28(19-38(60)61)25-7-4-5-8-26(25)44(42)64)52-31-20-32(36(82(74,75)76)21-35(31)81(71,72)73)53-48-55-47(51-14-6-2-3-9-39(62)63)56-49(57-48)54-33-18-24(80(68,69)70)15-22-16-37(83(77,78)79)43(45(65)40(22)33)59-58-30-17-23(50)10-11-27(30)46(66)67/h4-5,7-8,10-13,15-21,52,65H,2-3,6,9,14H2,1H3,(H,62,63)(H,66,67)(H,68,69,70)(H,71,72,73)(H,74,75,76)(H,77,78,79)(H3,51,53,54,55,56,57). The molecular weight excluding hydrogens is 1200 g/mol. The van der Waals surface area contributed by atoms with Crippen LogP contribution in [0.15, 0.2) is 126 Å². The molecule has 430 valence electrons. The number of phenols is 1. The number of aromatic carboxylic acids is 1. The van der Waals surface area contributed by atoms with Gasteiger partial charge in [-0.3, -0.25) is 32.6 Å². The summed E-state index contributed by atoms with van der Waals surface area (Å²) >= 11 is 6.04. The van der Waals surface area contributed by atoms with Gasteiger partial charge in [-0.1, -0.05) is 42.3 Å². The van der Waals surface area contributed by atoms with E-state index in [9.17, 15) is 81.3 Å². The molecule has 0 spiro atoms. The van der Waals surface area contributed by atoms with Crippen LogP contribution in [-0.2, 0) is 52.3 Å². The number of hydrogen-bond acceptors (Lipinski definition) is 22. The zero-order chi connectivity index (χ0) is 60.2. The van der Waals surface area contributed by atoms with Gasteiger partial charge in [0, 0.05) is 47.4 Å². The Balaban J connectivity index is 1.21. The summed E-state index contributed by atoms with van der Waals surface area (Å²) in [5.41, 5.74) is -3.50. The summed E-state index contributed by atoms with van der Waals surface area (Å²) in [6, 6.07) is 16.7. The first-order valence-corrected chi connectivity index (χ1v) is 29.7. The number of aliphatic carboxylic acids is 1. The summed E-state index contributed by atoms with van der Waals surface area (Å²) in [5.74, 6) is -6.19. The second-order valence-corrected chi connectivity index (χ2v) is 24.1. The molecule has 83 heavy (non-hydrogen) atoms. The van der Waals surface area contributed by atoms with Crippen LogP contribution in [0, 0.1) is 0 Å². The zero-order valence-corrected chi connectivity index (χ0v) is 45.9. The van der Waals surface area contributed by atoms with Gasteiger partial charge in [0.15, 0.2) is 11.5 Å². The highest BCUT2D eigenvalue weighted by molar-refractivity contribution is 7.87. The van der Waals surface area contributed by atoms with Gasteiger partial charge in [-0.25, -0.2) is 4.79 Å². The van der Waals surface area contributed by atoms with Crippen molar-refractivity contribution in [2.24, 2.45) is 17.3 Å². The molecule has 8 aromatic rings. The molecule has 11 N–H and O–H groups in total. The van der Waals surface area contributed by atoms with Crippen molar-refractivity contribution in [3.8, 4) is 16.9 Å². The molecule has 29 nitrogen and oxygen atoms in total. The van der Waals surface area contributed by atoms with E-state index in [1.165, 1.54) is 41.9 Å². The Kier molecular flexibility index (Phi) is 15.5. The maximum atomic E-state index is 14.4. The molecule has 1 aliphatic rings. The average molecular weight is 1240 g/mol. The number of nitrogens with zero attached hydrogens (tertiary/aromatic N) is 6. The summed E-state index contributed by atoms with van der Waals surface area (Å²) < 4.78 is 147. The van der Waals surface area contributed by atoms with Crippen molar-refractivity contribution in [1.29, 1.82) is 0 Å². The number of halogens is 1. The van der Waals surface area contributed by atoms with Crippen molar-refractivity contribution in [3.05, 3.63) is 123 Å². The number of aromatic nitrogens is 4. The van der Waals surface area contributed by atoms with Gasteiger partial charge in [-0.2, -0.15) is 48.6 Å². The van der Waals surface area contributed by atoms with Crippen molar-refractivity contribution < 1.29 is 81.6 Å². The second kappa shape index (κ2) is 22.0. The van der Waals surface area contributed by atoms with Gasteiger partial charge in [0.05, 0.1) is 44.3 Å². The van der Waals surface area contributed by atoms with Crippen LogP contribution in [0.5, 0.6) is 5.75 Å². The van der Waals surface area contributed by atoms with Crippen molar-refractivity contribution in [2.45, 2.75) is 45.3 Å². The molecule has 9 rings (SSSR count). The SMILES string of the molecule is Cn1c(=O)cc2c3c(c(Nc4cc(Nc5nc(NCCCCCC(=O)O)nc(Nc6cc(S(=O)(=O)O)cc7cc(S(=O)(=O)O)c(N=Nc8cc(Cl)ccc8C(=O)O)c(O)c67)n5)c(S(=O)(=O)O)cc4S(=O)(=O)O)ccc31)C(=O)c1ccccc1-2. The van der Waals surface area contributed by atoms with E-state index in [1.54, 1.807) is 18.2 Å². The first-order chi connectivity index (χ1) is 38.9. The Bertz CT molecular complexity index is 4720. The minimum Gasteiger partial charge on any atom is -0.505 e. The fourth-order valence-corrected chi connectivity index (χ4v) is 11.7. The Morgan fingerprint density at radius 1 is 0.614 bits per heavy atom. The largest absolute Gasteiger partial charge is 0.505 e. The number of ketones is 1. The number of aromatic hydroxyl groups is 1. The van der Waals surface area contributed by atoms with Gasteiger partial charge in [0.25, 0.3) is 46.0 Å². The molecule has 0 radical (unpaired) electrons. The maximum absolute atomic E-state index is 14.4. The maximum Gasteiger partial charge on any atom is 0.337 e. The number of unbranched alkanes of at least 4 members (excludes halogenated alkanes) is 2. The van der Waals surface area contributed by atoms with Gasteiger partial charge in [0.2, 0.25) is 17.8 Å². The summed E-state index contributed by atoms with van der Waals surface area (Å²) in [4.78, 5) is 58.8. The third-order valence-corrected chi connectivity index (χ3v) is 16.4. The highest BCUT2D eigenvalue weighted by Crippen LogP contribution is 2.47. The predicted octanol–water partition coefficient (Wildman–Crippen LogP) is 7.84. The Morgan fingerprint density at radius 2 is 1.24 bits per heavy atom. The van der Waals surface area contributed by atoms with Crippen molar-refractivity contribution >= 4 is 143 Å². The van der Waals surface area contributed by atoms with Crippen LogP contribution in [0.4, 0.5) is 52.0 Å². The fourth-order valence-electron chi connectivity index (χ4n) is 8.95. The summed E-state index contributed by atoms with van der Waals surface area (Å²) in [5, 5.41) is 48.0. The summed E-state index contributed by atoms with van der Waals surface area (Å²) in [7, 11) is -20.2. The number of carbonyl (C=O) groups is 3. The molecule has 0 bridgehead atoms.